The van der Waals surface area contributed by atoms with Crippen molar-refractivity contribution in [2.24, 2.45) is 11.8 Å². The van der Waals surface area contributed by atoms with E-state index in [1.54, 1.807) is 12.3 Å². The fourth-order valence-electron chi connectivity index (χ4n) is 1.61. The minimum absolute atomic E-state index is 0.139. The molecule has 0 aliphatic carbocycles. The van der Waals surface area contributed by atoms with Crippen molar-refractivity contribution in [1.82, 2.24) is 15.3 Å². The summed E-state index contributed by atoms with van der Waals surface area (Å²) in [5.74, 6) is 1.58. The topological polar surface area (TPSA) is 66.9 Å². The van der Waals surface area contributed by atoms with Crippen molar-refractivity contribution in [3.63, 3.8) is 0 Å². The van der Waals surface area contributed by atoms with Crippen LogP contribution in [0.25, 0.3) is 0 Å². The molecule has 0 saturated heterocycles. The van der Waals surface area contributed by atoms with Crippen LogP contribution in [-0.2, 0) is 0 Å². The van der Waals surface area contributed by atoms with Crippen molar-refractivity contribution < 1.29 is 4.79 Å². The third-order valence-corrected chi connectivity index (χ3v) is 2.90. The van der Waals surface area contributed by atoms with Gasteiger partial charge in [0.2, 0.25) is 5.95 Å². The van der Waals surface area contributed by atoms with Gasteiger partial charge in [0, 0.05) is 19.3 Å². The van der Waals surface area contributed by atoms with E-state index >= 15 is 0 Å². The average molecular weight is 278 g/mol. The largest absolute Gasteiger partial charge is 0.354 e. The summed E-state index contributed by atoms with van der Waals surface area (Å²) in [5.41, 5.74) is 0.413. The normalized spacial score (nSPS) is 10.9. The molecule has 0 bridgehead atoms. The Morgan fingerprint density at radius 2 is 1.80 bits per heavy atom. The smallest absolute Gasteiger partial charge is 0.270 e. The molecular weight excluding hydrogens is 252 g/mol. The van der Waals surface area contributed by atoms with Crippen molar-refractivity contribution in [1.29, 1.82) is 0 Å². The second-order valence-corrected chi connectivity index (χ2v) is 5.81. The van der Waals surface area contributed by atoms with Crippen LogP contribution < -0.4 is 10.6 Å². The highest BCUT2D eigenvalue weighted by Gasteiger charge is 2.08. The van der Waals surface area contributed by atoms with Crippen LogP contribution in [0.4, 0.5) is 5.95 Å². The van der Waals surface area contributed by atoms with Gasteiger partial charge in [-0.25, -0.2) is 9.97 Å². The maximum atomic E-state index is 11.9. The summed E-state index contributed by atoms with van der Waals surface area (Å²) in [6.07, 6.45) is 3.63. The summed E-state index contributed by atoms with van der Waals surface area (Å²) in [5, 5.41) is 6.02. The van der Waals surface area contributed by atoms with Crippen LogP contribution in [0.15, 0.2) is 12.3 Å². The molecule has 0 unspecified atom stereocenters. The predicted molar refractivity (Wildman–Crippen MR) is 81.8 cm³/mol. The van der Waals surface area contributed by atoms with Gasteiger partial charge in [-0.3, -0.25) is 4.79 Å². The number of rotatable bonds is 8. The summed E-state index contributed by atoms with van der Waals surface area (Å²) in [6, 6.07) is 1.64. The summed E-state index contributed by atoms with van der Waals surface area (Å²) in [6.45, 7) is 10.1. The van der Waals surface area contributed by atoms with Gasteiger partial charge in [-0.15, -0.1) is 0 Å². The van der Waals surface area contributed by atoms with Gasteiger partial charge in [0.05, 0.1) is 0 Å². The number of amides is 1. The Labute approximate surface area is 121 Å². The van der Waals surface area contributed by atoms with Crippen LogP contribution >= 0.6 is 0 Å². The van der Waals surface area contributed by atoms with E-state index in [-0.39, 0.29) is 5.91 Å². The quantitative estimate of drug-likeness (QED) is 0.767. The molecule has 1 amide bonds. The number of hydrogen-bond acceptors (Lipinski definition) is 4. The highest BCUT2D eigenvalue weighted by Crippen LogP contribution is 2.04. The zero-order valence-corrected chi connectivity index (χ0v) is 12.9. The molecule has 20 heavy (non-hydrogen) atoms. The molecule has 0 atom stereocenters. The first-order valence-electron chi connectivity index (χ1n) is 7.34. The van der Waals surface area contributed by atoms with Crippen LogP contribution in [0, 0.1) is 11.8 Å². The van der Waals surface area contributed by atoms with Crippen molar-refractivity contribution >= 4 is 11.9 Å². The summed E-state index contributed by atoms with van der Waals surface area (Å²) < 4.78 is 0. The fraction of sp³-hybridized carbons (Fsp3) is 0.667. The fourth-order valence-corrected chi connectivity index (χ4v) is 1.61. The van der Waals surface area contributed by atoms with E-state index in [4.69, 9.17) is 0 Å². The number of hydrogen-bond donors (Lipinski definition) is 2. The number of anilines is 1. The molecule has 0 aromatic carbocycles. The number of nitrogens with one attached hydrogen (secondary N) is 2. The zero-order chi connectivity index (χ0) is 15.0. The highest BCUT2D eigenvalue weighted by atomic mass is 16.1. The lowest BCUT2D eigenvalue weighted by atomic mass is 10.1. The first-order chi connectivity index (χ1) is 9.49. The molecule has 5 heteroatoms. The highest BCUT2D eigenvalue weighted by molar-refractivity contribution is 5.92. The van der Waals surface area contributed by atoms with E-state index in [1.807, 2.05) is 0 Å². The van der Waals surface area contributed by atoms with Crippen LogP contribution in [0.2, 0.25) is 0 Å². The molecule has 0 radical (unpaired) electrons. The van der Waals surface area contributed by atoms with Gasteiger partial charge < -0.3 is 10.6 Å². The Bertz CT molecular complexity index is 418. The van der Waals surface area contributed by atoms with E-state index < -0.39 is 0 Å². The minimum Gasteiger partial charge on any atom is -0.354 e. The second-order valence-electron chi connectivity index (χ2n) is 5.81. The first-order valence-corrected chi connectivity index (χ1v) is 7.34. The Morgan fingerprint density at radius 3 is 2.45 bits per heavy atom. The van der Waals surface area contributed by atoms with Gasteiger partial charge in [0.1, 0.15) is 5.69 Å². The van der Waals surface area contributed by atoms with E-state index in [1.165, 1.54) is 0 Å². The molecule has 5 nitrogen and oxygen atoms in total. The van der Waals surface area contributed by atoms with E-state index in [0.29, 0.717) is 30.0 Å². The molecule has 1 rings (SSSR count). The molecule has 0 aliphatic heterocycles. The molecule has 1 heterocycles. The van der Waals surface area contributed by atoms with Crippen molar-refractivity contribution in [3.05, 3.63) is 18.0 Å². The number of aromatic nitrogens is 2. The van der Waals surface area contributed by atoms with Gasteiger partial charge in [0.15, 0.2) is 0 Å². The van der Waals surface area contributed by atoms with Crippen LogP contribution in [0.3, 0.4) is 0 Å². The first kappa shape index (κ1) is 16.4. The van der Waals surface area contributed by atoms with E-state index in [9.17, 15) is 4.79 Å². The Balaban J connectivity index is 2.47. The Hall–Kier alpha value is -1.65. The van der Waals surface area contributed by atoms with Crippen LogP contribution in [0.5, 0.6) is 0 Å². The zero-order valence-electron chi connectivity index (χ0n) is 12.9. The lowest BCUT2D eigenvalue weighted by Gasteiger charge is -2.09. The molecule has 0 saturated carbocycles. The van der Waals surface area contributed by atoms with Crippen molar-refractivity contribution in [2.45, 2.75) is 40.5 Å². The molecule has 1 aromatic rings. The number of nitrogens with zero attached hydrogens (tertiary/aromatic N) is 2. The minimum atomic E-state index is -0.139. The lowest BCUT2D eigenvalue weighted by molar-refractivity contribution is 0.0947. The number of carbonyl (C=O) groups is 1. The number of carbonyl (C=O) groups excluding carboxylic acids is 1. The SMILES string of the molecule is CC(C)CCNC(=O)c1ccnc(NCCC(C)C)n1. The van der Waals surface area contributed by atoms with Gasteiger partial charge >= 0.3 is 0 Å². The molecule has 112 valence electrons. The molecule has 0 fully saturated rings. The maximum Gasteiger partial charge on any atom is 0.270 e. The van der Waals surface area contributed by atoms with Gasteiger partial charge in [0.25, 0.3) is 5.91 Å². The molecule has 0 aliphatic rings. The van der Waals surface area contributed by atoms with Gasteiger partial charge in [-0.05, 0) is 30.7 Å². The third-order valence-electron chi connectivity index (χ3n) is 2.90. The van der Waals surface area contributed by atoms with Gasteiger partial charge in [-0.1, -0.05) is 27.7 Å². The van der Waals surface area contributed by atoms with Crippen LogP contribution in [-0.4, -0.2) is 29.0 Å². The van der Waals surface area contributed by atoms with Crippen molar-refractivity contribution in [2.75, 3.05) is 18.4 Å². The lowest BCUT2D eigenvalue weighted by Crippen LogP contribution is -2.26. The standard InChI is InChI=1S/C15H26N4O/c1-11(2)5-8-16-14(20)13-7-10-18-15(19-13)17-9-6-12(3)4/h7,10-12H,5-6,8-9H2,1-4H3,(H,16,20)(H,17,18,19). The van der Waals surface area contributed by atoms with Crippen LogP contribution in [0.1, 0.15) is 51.0 Å². The van der Waals surface area contributed by atoms with E-state index in [2.05, 4.69) is 48.3 Å². The monoisotopic (exact) mass is 278 g/mol. The van der Waals surface area contributed by atoms with Crippen molar-refractivity contribution in [3.8, 4) is 0 Å². The maximum absolute atomic E-state index is 11.9. The second kappa shape index (κ2) is 8.51. The Kier molecular flexibility index (Phi) is 6.98. The summed E-state index contributed by atoms with van der Waals surface area (Å²) in [4.78, 5) is 20.3. The molecular formula is C15H26N4O. The molecule has 0 spiro atoms. The predicted octanol–water partition coefficient (Wildman–Crippen LogP) is 2.71. The summed E-state index contributed by atoms with van der Waals surface area (Å²) in [7, 11) is 0. The Morgan fingerprint density at radius 1 is 1.15 bits per heavy atom. The third kappa shape index (κ3) is 6.50. The van der Waals surface area contributed by atoms with E-state index in [0.717, 1.165) is 19.4 Å². The van der Waals surface area contributed by atoms with Gasteiger partial charge in [-0.2, -0.15) is 0 Å². The summed E-state index contributed by atoms with van der Waals surface area (Å²) >= 11 is 0. The molecule has 2 N–H and O–H groups in total. The average Bonchev–Trinajstić information content (AvgIpc) is 2.38. The molecule has 1 aromatic heterocycles.